The third-order valence-electron chi connectivity index (χ3n) is 7.08. The molecule has 11 nitrogen and oxygen atoms in total. The van der Waals surface area contributed by atoms with Crippen LogP contribution in [0.1, 0.15) is 25.3 Å². The zero-order valence-electron chi connectivity index (χ0n) is 18.3. The van der Waals surface area contributed by atoms with E-state index < -0.39 is 22.8 Å². The Bertz CT molecular complexity index is 1210. The number of aliphatic carboxylic acids is 1. The van der Waals surface area contributed by atoms with Crippen LogP contribution in [0.15, 0.2) is 47.2 Å². The van der Waals surface area contributed by atoms with Crippen LogP contribution in [-0.2, 0) is 25.7 Å². The molecule has 3 amide bonds. The van der Waals surface area contributed by atoms with Crippen LogP contribution in [0.25, 0.3) is 0 Å². The molecular formula is C23H23N4NaO7. The first-order valence-corrected chi connectivity index (χ1v) is 11.0. The van der Waals surface area contributed by atoms with Crippen LogP contribution in [-0.4, -0.2) is 103 Å². The molecule has 5 rings (SSSR count). The number of nitrogens with zero attached hydrogens (tertiary/aromatic N) is 4. The number of rotatable bonds is 5. The number of β-lactam (4-membered cyclic amide) rings is 1. The molecule has 12 heteroatoms. The number of allylic oxidation sites excluding steroid dienone is 2. The van der Waals surface area contributed by atoms with Crippen molar-refractivity contribution in [2.75, 3.05) is 13.1 Å². The second-order valence-corrected chi connectivity index (χ2v) is 9.03. The summed E-state index contributed by atoms with van der Waals surface area (Å²) in [6, 6.07) is 5.05. The maximum atomic E-state index is 13.0. The van der Waals surface area contributed by atoms with Crippen LogP contribution in [0.5, 0.6) is 0 Å². The average molecular weight is 490 g/mol. The van der Waals surface area contributed by atoms with Gasteiger partial charge in [-0.25, -0.2) is 4.79 Å². The first kappa shape index (κ1) is 25.1. The Labute approximate surface area is 222 Å². The number of likely N-dealkylation sites (tertiary alicyclic amines) is 2. The number of carboxylic acids is 1. The summed E-state index contributed by atoms with van der Waals surface area (Å²) in [4.78, 5) is 64.5. The van der Waals surface area contributed by atoms with Crippen LogP contribution in [0.3, 0.4) is 0 Å². The van der Waals surface area contributed by atoms with Gasteiger partial charge in [-0.3, -0.25) is 29.4 Å². The molecule has 0 radical (unpaired) electrons. The van der Waals surface area contributed by atoms with Gasteiger partial charge in [-0.1, -0.05) is 12.1 Å². The van der Waals surface area contributed by atoms with Crippen molar-refractivity contribution in [3.8, 4) is 0 Å². The fraction of sp³-hybridized carbons (Fsp3) is 0.391. The quantitative estimate of drug-likeness (QED) is 0.207. The summed E-state index contributed by atoms with van der Waals surface area (Å²) < 4.78 is 0. The van der Waals surface area contributed by atoms with E-state index in [4.69, 9.17) is 0 Å². The van der Waals surface area contributed by atoms with E-state index in [0.29, 0.717) is 37.1 Å². The number of benzene rings is 1. The van der Waals surface area contributed by atoms with Gasteiger partial charge in [0.25, 0.3) is 11.6 Å². The van der Waals surface area contributed by atoms with Gasteiger partial charge in [0.1, 0.15) is 11.7 Å². The normalized spacial score (nSPS) is 26.0. The molecule has 0 bridgehead atoms. The van der Waals surface area contributed by atoms with Crippen molar-refractivity contribution in [1.29, 1.82) is 0 Å². The SMILES string of the molecule is CC(=O)N1C[C@H]2CC(/C=C3\CCN(Cc4ccc([N+](=O)[O-])cc4)C3=O)=C(C(=O)O)N3C(=O)[C@@H]1[C@@H]23.[NaH]. The van der Waals surface area contributed by atoms with Crippen molar-refractivity contribution in [3.05, 3.63) is 62.9 Å². The summed E-state index contributed by atoms with van der Waals surface area (Å²) in [5.41, 5.74) is 1.49. The molecule has 1 aromatic carbocycles. The van der Waals surface area contributed by atoms with Gasteiger partial charge in [-0.2, -0.15) is 0 Å². The fourth-order valence-corrected chi connectivity index (χ4v) is 5.53. The Morgan fingerprint density at radius 1 is 1.23 bits per heavy atom. The number of nitro groups is 1. The van der Waals surface area contributed by atoms with E-state index in [0.717, 1.165) is 5.56 Å². The number of carboxylic acid groups (broad SMARTS) is 1. The minimum atomic E-state index is -1.23. The summed E-state index contributed by atoms with van der Waals surface area (Å²) in [5, 5.41) is 20.7. The number of carbonyl (C=O) groups is 4. The Balaban J connectivity index is 0.00000289. The predicted molar refractivity (Wildman–Crippen MR) is 123 cm³/mol. The summed E-state index contributed by atoms with van der Waals surface area (Å²) >= 11 is 0. The predicted octanol–water partition coefficient (Wildman–Crippen LogP) is 0.405. The van der Waals surface area contributed by atoms with Crippen molar-refractivity contribution >= 4 is 58.9 Å². The Morgan fingerprint density at radius 2 is 1.91 bits per heavy atom. The molecule has 0 spiro atoms. The van der Waals surface area contributed by atoms with Crippen molar-refractivity contribution in [2.45, 2.75) is 38.4 Å². The molecule has 4 aliphatic rings. The third-order valence-corrected chi connectivity index (χ3v) is 7.08. The van der Waals surface area contributed by atoms with Gasteiger partial charge in [0.2, 0.25) is 11.8 Å². The van der Waals surface area contributed by atoms with Gasteiger partial charge in [-0.15, -0.1) is 0 Å². The fourth-order valence-electron chi connectivity index (χ4n) is 5.53. The summed E-state index contributed by atoms with van der Waals surface area (Å²) in [7, 11) is 0. The molecule has 4 aliphatic heterocycles. The second-order valence-electron chi connectivity index (χ2n) is 9.03. The number of carbonyl (C=O) groups excluding carboxylic acids is 3. The van der Waals surface area contributed by atoms with E-state index in [9.17, 15) is 34.4 Å². The molecule has 3 saturated heterocycles. The van der Waals surface area contributed by atoms with Gasteiger partial charge in [0.05, 0.1) is 11.0 Å². The van der Waals surface area contributed by atoms with Gasteiger partial charge in [0, 0.05) is 50.2 Å². The first-order chi connectivity index (χ1) is 16.2. The van der Waals surface area contributed by atoms with Crippen LogP contribution in [0, 0.1) is 16.0 Å². The Hall–Kier alpha value is -3.02. The molecule has 3 atom stereocenters. The number of hydrogen-bond acceptors (Lipinski definition) is 6. The molecule has 1 N–H and O–H groups in total. The van der Waals surface area contributed by atoms with Gasteiger partial charge in [-0.05, 0) is 30.1 Å². The topological polar surface area (TPSA) is 141 Å². The third kappa shape index (κ3) is 4.07. The Morgan fingerprint density at radius 3 is 2.51 bits per heavy atom. The standard InChI is InChI=1S/C23H22N4O7.Na.H/c1-12(28)25-11-16-9-15(19(23(31)32)26-18(16)20(25)22(26)30)8-14-6-7-24(21(14)29)10-13-2-4-17(5-3-13)27(33)34;;/h2-5,8,16,18,20H,6-7,9-11H2,1H3,(H,31,32);;/b14-8+;;/t16-,18-,20+;;/m1../s1. The van der Waals surface area contributed by atoms with E-state index in [2.05, 4.69) is 0 Å². The van der Waals surface area contributed by atoms with Crippen LogP contribution in [0.2, 0.25) is 0 Å². The zero-order valence-corrected chi connectivity index (χ0v) is 18.3. The van der Waals surface area contributed by atoms with E-state index in [1.54, 1.807) is 23.1 Å². The van der Waals surface area contributed by atoms with Crippen molar-refractivity contribution in [2.24, 2.45) is 5.92 Å². The van der Waals surface area contributed by atoms with Crippen molar-refractivity contribution in [3.63, 3.8) is 0 Å². The van der Waals surface area contributed by atoms with Crippen molar-refractivity contribution < 1.29 is 29.2 Å². The molecule has 35 heavy (non-hydrogen) atoms. The summed E-state index contributed by atoms with van der Waals surface area (Å²) in [5.74, 6) is -2.14. The molecular weight excluding hydrogens is 467 g/mol. The van der Waals surface area contributed by atoms with Crippen LogP contribution >= 0.6 is 0 Å². The molecule has 3 fully saturated rings. The maximum absolute atomic E-state index is 13.0. The van der Waals surface area contributed by atoms with E-state index in [1.807, 2.05) is 0 Å². The van der Waals surface area contributed by atoms with Gasteiger partial charge >= 0.3 is 35.5 Å². The molecule has 178 valence electrons. The summed E-state index contributed by atoms with van der Waals surface area (Å²) in [6.07, 6.45) is 2.39. The van der Waals surface area contributed by atoms with Crippen molar-refractivity contribution in [1.82, 2.24) is 14.7 Å². The zero-order chi connectivity index (χ0) is 24.3. The first-order valence-electron chi connectivity index (χ1n) is 11.0. The molecule has 0 aromatic heterocycles. The number of non-ortho nitro benzene ring substituents is 1. The molecule has 4 heterocycles. The second kappa shape index (κ2) is 9.21. The van der Waals surface area contributed by atoms with E-state index in [1.165, 1.54) is 28.9 Å². The number of amides is 3. The van der Waals surface area contributed by atoms with Crippen LogP contribution < -0.4 is 0 Å². The van der Waals surface area contributed by atoms with Gasteiger partial charge < -0.3 is 14.9 Å². The summed E-state index contributed by atoms with van der Waals surface area (Å²) in [6.45, 7) is 2.50. The monoisotopic (exact) mass is 490 g/mol. The molecule has 0 saturated carbocycles. The molecule has 0 unspecified atom stereocenters. The minimum absolute atomic E-state index is 0. The Kier molecular flexibility index (Phi) is 6.60. The van der Waals surface area contributed by atoms with E-state index >= 15 is 0 Å². The molecule has 1 aromatic rings. The number of nitro benzene ring substituents is 1. The molecule has 0 aliphatic carbocycles. The van der Waals surface area contributed by atoms with E-state index in [-0.39, 0.29) is 71.3 Å². The average Bonchev–Trinajstić information content (AvgIpc) is 3.32. The van der Waals surface area contributed by atoms with Gasteiger partial charge in [0.15, 0.2) is 0 Å². The van der Waals surface area contributed by atoms with Crippen LogP contribution in [0.4, 0.5) is 5.69 Å². The number of hydrogen-bond donors (Lipinski definition) is 1.